The first kappa shape index (κ1) is 15.2. The van der Waals surface area contributed by atoms with Crippen LogP contribution in [0.25, 0.3) is 0 Å². The molecule has 0 saturated carbocycles. The van der Waals surface area contributed by atoms with Crippen molar-refractivity contribution in [1.82, 2.24) is 14.5 Å². The highest BCUT2D eigenvalue weighted by molar-refractivity contribution is 7.89. The molecule has 1 heterocycles. The predicted molar refractivity (Wildman–Crippen MR) is 69.7 cm³/mol. The second-order valence-electron chi connectivity index (χ2n) is 4.65. The molecule has 0 aliphatic carbocycles. The third-order valence-corrected chi connectivity index (χ3v) is 4.99. The molecule has 1 aliphatic heterocycles. The maximum Gasteiger partial charge on any atom is 0.314 e. The summed E-state index contributed by atoms with van der Waals surface area (Å²) in [7, 11) is -0.0800. The number of likely N-dealkylation sites (tertiary alicyclic amines) is 1. The highest BCUT2D eigenvalue weighted by Gasteiger charge is 2.21. The number of carbonyl (C=O) groups excluding carboxylic acids is 1. The number of nitrogens with one attached hydrogen (secondary N) is 1. The van der Waals surface area contributed by atoms with Gasteiger partial charge in [-0.15, -0.1) is 0 Å². The molecule has 1 fully saturated rings. The van der Waals surface area contributed by atoms with Crippen molar-refractivity contribution in [2.45, 2.75) is 18.9 Å². The fourth-order valence-electron chi connectivity index (χ4n) is 1.88. The van der Waals surface area contributed by atoms with Crippen LogP contribution in [0.3, 0.4) is 0 Å². The van der Waals surface area contributed by atoms with Crippen LogP contribution in [0.4, 0.5) is 4.79 Å². The first-order valence-corrected chi connectivity index (χ1v) is 7.62. The fraction of sp³-hybridized carbons (Fsp3) is 0.900. The number of nitrogens with two attached hydrogens (primary N) is 1. The van der Waals surface area contributed by atoms with Gasteiger partial charge in [-0.2, -0.15) is 0 Å². The van der Waals surface area contributed by atoms with E-state index in [2.05, 4.69) is 5.32 Å². The normalized spacial score (nSPS) is 18.3. The Hall–Kier alpha value is -0.860. The molecule has 18 heavy (non-hydrogen) atoms. The predicted octanol–water partition coefficient (Wildman–Crippen LogP) is -0.989. The Morgan fingerprint density at radius 1 is 1.39 bits per heavy atom. The van der Waals surface area contributed by atoms with Crippen LogP contribution in [0.2, 0.25) is 0 Å². The highest BCUT2D eigenvalue weighted by Crippen LogP contribution is 2.09. The summed E-state index contributed by atoms with van der Waals surface area (Å²) in [6.45, 7) is 1.70. The lowest BCUT2D eigenvalue weighted by molar-refractivity contribution is 0.186. The number of piperidine rings is 1. The maximum absolute atomic E-state index is 11.5. The number of urea groups is 1. The topological polar surface area (TPSA) is 95.7 Å². The van der Waals surface area contributed by atoms with E-state index in [-0.39, 0.29) is 17.8 Å². The van der Waals surface area contributed by atoms with Gasteiger partial charge in [0.2, 0.25) is 10.0 Å². The van der Waals surface area contributed by atoms with Gasteiger partial charge in [0.15, 0.2) is 0 Å². The van der Waals surface area contributed by atoms with E-state index in [1.807, 2.05) is 0 Å². The van der Waals surface area contributed by atoms with E-state index < -0.39 is 10.0 Å². The minimum atomic E-state index is -3.14. The van der Waals surface area contributed by atoms with Gasteiger partial charge < -0.3 is 16.0 Å². The molecule has 0 aromatic rings. The molecule has 3 N–H and O–H groups in total. The molecule has 0 aromatic carbocycles. The van der Waals surface area contributed by atoms with Crippen molar-refractivity contribution in [1.29, 1.82) is 0 Å². The van der Waals surface area contributed by atoms with Gasteiger partial charge in [0.05, 0.1) is 5.75 Å². The average molecular weight is 278 g/mol. The van der Waals surface area contributed by atoms with E-state index in [0.717, 1.165) is 12.8 Å². The number of hydrogen-bond donors (Lipinski definition) is 2. The zero-order valence-electron chi connectivity index (χ0n) is 10.9. The van der Waals surface area contributed by atoms with Crippen molar-refractivity contribution in [3.05, 3.63) is 0 Å². The molecule has 0 bridgehead atoms. The Morgan fingerprint density at radius 2 is 1.94 bits per heavy atom. The molecule has 106 valence electrons. The number of amides is 2. The van der Waals surface area contributed by atoms with Gasteiger partial charge in [-0.05, 0) is 12.8 Å². The lowest BCUT2D eigenvalue weighted by Gasteiger charge is -2.31. The van der Waals surface area contributed by atoms with Crippen molar-refractivity contribution < 1.29 is 13.2 Å². The fourth-order valence-corrected chi connectivity index (χ4v) is 2.62. The summed E-state index contributed by atoms with van der Waals surface area (Å²) in [5, 5.41) is 3.21. The lowest BCUT2D eigenvalue weighted by atomic mass is 10.1. The Balaban J connectivity index is 2.25. The number of sulfonamides is 1. The van der Waals surface area contributed by atoms with Gasteiger partial charge in [0.25, 0.3) is 0 Å². The molecule has 7 nitrogen and oxygen atoms in total. The number of primary amides is 1. The number of rotatable bonds is 5. The summed E-state index contributed by atoms with van der Waals surface area (Å²) in [6, 6.07) is -0.124. The molecular weight excluding hydrogens is 256 g/mol. The second kappa shape index (κ2) is 6.35. The smallest absolute Gasteiger partial charge is 0.314 e. The van der Waals surface area contributed by atoms with Crippen molar-refractivity contribution in [2.24, 2.45) is 5.73 Å². The van der Waals surface area contributed by atoms with E-state index in [1.54, 1.807) is 4.90 Å². The van der Waals surface area contributed by atoms with Crippen LogP contribution in [0.1, 0.15) is 12.8 Å². The molecule has 1 saturated heterocycles. The largest absolute Gasteiger partial charge is 0.351 e. The van der Waals surface area contributed by atoms with Crippen molar-refractivity contribution in [3.63, 3.8) is 0 Å². The molecule has 0 unspecified atom stereocenters. The van der Waals surface area contributed by atoms with E-state index >= 15 is 0 Å². The number of hydrogen-bond acceptors (Lipinski definition) is 4. The molecule has 0 aromatic heterocycles. The molecule has 0 spiro atoms. The molecule has 0 atom stereocenters. The van der Waals surface area contributed by atoms with Gasteiger partial charge in [-0.3, -0.25) is 0 Å². The van der Waals surface area contributed by atoms with E-state index in [0.29, 0.717) is 19.6 Å². The quantitative estimate of drug-likeness (QED) is 0.675. The Morgan fingerprint density at radius 3 is 2.39 bits per heavy atom. The summed E-state index contributed by atoms with van der Waals surface area (Å²) in [5.41, 5.74) is 5.18. The molecule has 0 radical (unpaired) electrons. The lowest BCUT2D eigenvalue weighted by Crippen LogP contribution is -2.47. The van der Waals surface area contributed by atoms with Crippen molar-refractivity contribution >= 4 is 16.1 Å². The van der Waals surface area contributed by atoms with E-state index in [4.69, 9.17) is 5.73 Å². The van der Waals surface area contributed by atoms with E-state index in [9.17, 15) is 13.2 Å². The van der Waals surface area contributed by atoms with Crippen LogP contribution >= 0.6 is 0 Å². The van der Waals surface area contributed by atoms with Crippen LogP contribution in [0, 0.1) is 0 Å². The first-order chi connectivity index (χ1) is 8.33. The Kier molecular flexibility index (Phi) is 5.36. The minimum Gasteiger partial charge on any atom is -0.351 e. The average Bonchev–Trinajstić information content (AvgIpc) is 2.29. The zero-order valence-corrected chi connectivity index (χ0v) is 11.7. The summed E-state index contributed by atoms with van der Waals surface area (Å²) in [4.78, 5) is 12.5. The van der Waals surface area contributed by atoms with E-state index in [1.165, 1.54) is 18.4 Å². The maximum atomic E-state index is 11.5. The van der Waals surface area contributed by atoms with Gasteiger partial charge >= 0.3 is 6.03 Å². The van der Waals surface area contributed by atoms with Gasteiger partial charge in [-0.25, -0.2) is 17.5 Å². The summed E-state index contributed by atoms with van der Waals surface area (Å²) < 4.78 is 24.3. The summed E-state index contributed by atoms with van der Waals surface area (Å²) in [5.74, 6) is 0.0933. The van der Waals surface area contributed by atoms with Gasteiger partial charge in [-0.1, -0.05) is 0 Å². The molecule has 1 aliphatic rings. The summed E-state index contributed by atoms with van der Waals surface area (Å²) in [6.07, 6.45) is 1.62. The molecular formula is C10H22N4O3S. The minimum absolute atomic E-state index is 0.0933. The Labute approximate surface area is 108 Å². The van der Waals surface area contributed by atoms with Gasteiger partial charge in [0.1, 0.15) is 0 Å². The van der Waals surface area contributed by atoms with Crippen molar-refractivity contribution in [3.8, 4) is 0 Å². The molecule has 8 heteroatoms. The molecule has 1 rings (SSSR count). The van der Waals surface area contributed by atoms with Gasteiger partial charge in [0, 0.05) is 39.8 Å². The third-order valence-electron chi connectivity index (χ3n) is 3.16. The molecule has 2 amide bonds. The van der Waals surface area contributed by atoms with Crippen LogP contribution < -0.4 is 11.1 Å². The third kappa shape index (κ3) is 4.43. The number of carbonyl (C=O) groups is 1. The zero-order chi connectivity index (χ0) is 13.8. The monoisotopic (exact) mass is 278 g/mol. The highest BCUT2D eigenvalue weighted by atomic mass is 32.2. The summed E-state index contributed by atoms with van der Waals surface area (Å²) >= 11 is 0. The first-order valence-electron chi connectivity index (χ1n) is 6.01. The standard InChI is InChI=1S/C10H22N4O3S/c1-13(2)18(16,17)8-5-12-9-3-6-14(7-4-9)10(11)15/h9,12H,3-8H2,1-2H3,(H2,11,15). The van der Waals surface area contributed by atoms with Crippen molar-refractivity contribution in [2.75, 3.05) is 39.5 Å². The number of nitrogens with zero attached hydrogens (tertiary/aromatic N) is 2. The van der Waals surface area contributed by atoms with Crippen LogP contribution in [-0.2, 0) is 10.0 Å². The second-order valence-corrected chi connectivity index (χ2v) is 6.95. The Bertz CT molecular complexity index is 375. The van der Waals surface area contributed by atoms with Crippen LogP contribution in [0.15, 0.2) is 0 Å². The van der Waals surface area contributed by atoms with Crippen LogP contribution in [0.5, 0.6) is 0 Å². The van der Waals surface area contributed by atoms with Crippen LogP contribution in [-0.4, -0.2) is 69.2 Å². The SMILES string of the molecule is CN(C)S(=O)(=O)CCNC1CCN(C(N)=O)CC1.